The monoisotopic (exact) mass is 430 g/mol. The number of hydrogen-bond acceptors (Lipinski definition) is 5. The number of carbonyl (C=O) groups is 1. The second-order valence-electron chi connectivity index (χ2n) is 6.85. The van der Waals surface area contributed by atoms with Crippen molar-refractivity contribution >= 4 is 22.9 Å². The number of nitrogens with zero attached hydrogens (tertiary/aromatic N) is 1. The highest BCUT2D eigenvalue weighted by Gasteiger charge is 2.12. The summed E-state index contributed by atoms with van der Waals surface area (Å²) >= 11 is 1.68. The Hall–Kier alpha value is -3.64. The number of nitrogens with one attached hydrogen (secondary N) is 1. The fraction of sp³-hybridized carbons (Fsp3) is 0.120. The summed E-state index contributed by atoms with van der Waals surface area (Å²) in [6.07, 6.45) is 0. The van der Waals surface area contributed by atoms with E-state index in [0.29, 0.717) is 17.2 Å². The largest absolute Gasteiger partial charge is 0.493 e. The normalized spacial score (nSPS) is 10.5. The molecule has 4 rings (SSSR count). The summed E-state index contributed by atoms with van der Waals surface area (Å²) in [4.78, 5) is 18.2. The molecule has 4 aromatic rings. The minimum atomic E-state index is -0.241. The van der Waals surface area contributed by atoms with Crippen LogP contribution in [0.1, 0.15) is 4.88 Å². The molecule has 3 aromatic carbocycles. The molecular weight excluding hydrogens is 408 g/mol. The van der Waals surface area contributed by atoms with Gasteiger partial charge in [-0.15, -0.1) is 11.3 Å². The molecule has 0 unspecified atom stereocenters. The second kappa shape index (κ2) is 9.45. The van der Waals surface area contributed by atoms with Gasteiger partial charge in [0, 0.05) is 21.7 Å². The summed E-state index contributed by atoms with van der Waals surface area (Å²) in [7, 11) is 1.57. The van der Waals surface area contributed by atoms with Gasteiger partial charge in [-0.2, -0.15) is 0 Å². The first-order chi connectivity index (χ1) is 15.1. The van der Waals surface area contributed by atoms with Gasteiger partial charge in [-0.05, 0) is 31.2 Å². The molecule has 5 nitrogen and oxygen atoms in total. The molecule has 0 bridgehead atoms. The molecule has 0 aliphatic heterocycles. The van der Waals surface area contributed by atoms with Crippen LogP contribution in [0.25, 0.3) is 21.8 Å². The lowest BCUT2D eigenvalue weighted by atomic mass is 10.1. The van der Waals surface area contributed by atoms with Crippen molar-refractivity contribution in [3.63, 3.8) is 0 Å². The number of methoxy groups -OCH3 is 1. The Balaban J connectivity index is 1.40. The van der Waals surface area contributed by atoms with Gasteiger partial charge in [-0.1, -0.05) is 54.6 Å². The van der Waals surface area contributed by atoms with E-state index in [1.807, 2.05) is 54.6 Å². The number of hydrogen-bond donors (Lipinski definition) is 1. The van der Waals surface area contributed by atoms with Gasteiger partial charge in [0.15, 0.2) is 18.1 Å². The van der Waals surface area contributed by atoms with Crippen molar-refractivity contribution in [1.29, 1.82) is 0 Å². The number of para-hydroxylation sites is 2. The van der Waals surface area contributed by atoms with E-state index < -0.39 is 0 Å². The van der Waals surface area contributed by atoms with Crippen LogP contribution < -0.4 is 14.8 Å². The Morgan fingerprint density at radius 2 is 1.58 bits per heavy atom. The summed E-state index contributed by atoms with van der Waals surface area (Å²) in [5.41, 5.74) is 3.79. The molecule has 6 heteroatoms. The van der Waals surface area contributed by atoms with Gasteiger partial charge in [0.1, 0.15) is 5.01 Å². The summed E-state index contributed by atoms with van der Waals surface area (Å²) in [6.45, 7) is 1.97. The Morgan fingerprint density at radius 3 is 2.29 bits per heavy atom. The molecule has 0 saturated carbocycles. The molecule has 1 heterocycles. The third kappa shape index (κ3) is 4.92. The van der Waals surface area contributed by atoms with Crippen molar-refractivity contribution in [1.82, 2.24) is 4.98 Å². The van der Waals surface area contributed by atoms with Gasteiger partial charge in [-0.25, -0.2) is 4.98 Å². The SMILES string of the molecule is COc1ccccc1OCC(=O)Nc1ccc(-c2nc(-c3ccccc3)sc2C)cc1. The predicted octanol–water partition coefficient (Wildman–Crippen LogP) is 5.81. The van der Waals surface area contributed by atoms with Crippen LogP contribution in [-0.4, -0.2) is 24.6 Å². The highest BCUT2D eigenvalue weighted by atomic mass is 32.1. The molecule has 31 heavy (non-hydrogen) atoms. The number of amides is 1. The van der Waals surface area contributed by atoms with Crippen LogP contribution in [0.15, 0.2) is 78.9 Å². The standard InChI is InChI=1S/C25H22N2O3S/c1-17-24(27-25(31-17)19-8-4-3-5-9-19)18-12-14-20(15-13-18)26-23(28)16-30-22-11-7-6-10-21(22)29-2/h3-15H,16H2,1-2H3,(H,26,28). The fourth-order valence-corrected chi connectivity index (χ4v) is 4.10. The Morgan fingerprint density at radius 1 is 0.903 bits per heavy atom. The Bertz CT molecular complexity index is 1170. The van der Waals surface area contributed by atoms with E-state index in [1.165, 1.54) is 0 Å². The van der Waals surface area contributed by atoms with Crippen LogP contribution in [0, 0.1) is 6.92 Å². The van der Waals surface area contributed by atoms with E-state index in [0.717, 1.165) is 26.7 Å². The van der Waals surface area contributed by atoms with Gasteiger partial charge in [0.25, 0.3) is 5.91 Å². The first-order valence-corrected chi connectivity index (χ1v) is 10.6. The quantitative estimate of drug-likeness (QED) is 0.402. The molecule has 0 aliphatic carbocycles. The first kappa shape index (κ1) is 20.6. The summed E-state index contributed by atoms with van der Waals surface area (Å²) in [5.74, 6) is 0.881. The third-order valence-electron chi connectivity index (χ3n) is 4.69. The summed E-state index contributed by atoms with van der Waals surface area (Å²) < 4.78 is 10.8. The maximum absolute atomic E-state index is 12.3. The number of aryl methyl sites for hydroxylation is 1. The summed E-state index contributed by atoms with van der Waals surface area (Å²) in [5, 5.41) is 3.85. The number of thiazole rings is 1. The van der Waals surface area contributed by atoms with Crippen LogP contribution in [0.5, 0.6) is 11.5 Å². The number of ether oxygens (including phenoxy) is 2. The smallest absolute Gasteiger partial charge is 0.262 e. The Kier molecular flexibility index (Phi) is 6.29. The number of carbonyl (C=O) groups excluding carboxylic acids is 1. The number of anilines is 1. The minimum absolute atomic E-state index is 0.103. The zero-order valence-corrected chi connectivity index (χ0v) is 18.1. The number of benzene rings is 3. The lowest BCUT2D eigenvalue weighted by Crippen LogP contribution is -2.20. The molecule has 1 aromatic heterocycles. The van der Waals surface area contributed by atoms with E-state index in [9.17, 15) is 4.79 Å². The van der Waals surface area contributed by atoms with Crippen LogP contribution in [0.3, 0.4) is 0 Å². The summed E-state index contributed by atoms with van der Waals surface area (Å²) in [6, 6.07) is 25.1. The van der Waals surface area contributed by atoms with Crippen molar-refractivity contribution < 1.29 is 14.3 Å². The molecular formula is C25H22N2O3S. The molecule has 156 valence electrons. The van der Waals surface area contributed by atoms with E-state index in [4.69, 9.17) is 14.5 Å². The van der Waals surface area contributed by atoms with Crippen LogP contribution >= 0.6 is 11.3 Å². The Labute approximate surface area is 185 Å². The average Bonchev–Trinajstić information content (AvgIpc) is 3.20. The van der Waals surface area contributed by atoms with Gasteiger partial charge in [-0.3, -0.25) is 4.79 Å². The van der Waals surface area contributed by atoms with Crippen molar-refractivity contribution in [2.24, 2.45) is 0 Å². The lowest BCUT2D eigenvalue weighted by Gasteiger charge is -2.10. The topological polar surface area (TPSA) is 60.5 Å². The first-order valence-electron chi connectivity index (χ1n) is 9.83. The van der Waals surface area contributed by atoms with E-state index in [-0.39, 0.29) is 12.5 Å². The third-order valence-corrected chi connectivity index (χ3v) is 5.71. The van der Waals surface area contributed by atoms with Crippen LogP contribution in [0.4, 0.5) is 5.69 Å². The fourth-order valence-electron chi connectivity index (χ4n) is 3.16. The van der Waals surface area contributed by atoms with Gasteiger partial charge < -0.3 is 14.8 Å². The van der Waals surface area contributed by atoms with Crippen LogP contribution in [-0.2, 0) is 4.79 Å². The molecule has 1 N–H and O–H groups in total. The van der Waals surface area contributed by atoms with Crippen LogP contribution in [0.2, 0.25) is 0 Å². The zero-order chi connectivity index (χ0) is 21.6. The average molecular weight is 431 g/mol. The van der Waals surface area contributed by atoms with Crippen molar-refractivity contribution in [2.75, 3.05) is 19.0 Å². The molecule has 0 atom stereocenters. The van der Waals surface area contributed by atoms with E-state index in [2.05, 4.69) is 24.4 Å². The van der Waals surface area contributed by atoms with Crippen molar-refractivity contribution in [2.45, 2.75) is 6.92 Å². The minimum Gasteiger partial charge on any atom is -0.493 e. The number of rotatable bonds is 7. The molecule has 0 aliphatic rings. The molecule has 1 amide bonds. The molecule has 0 saturated heterocycles. The molecule has 0 spiro atoms. The van der Waals surface area contributed by atoms with E-state index >= 15 is 0 Å². The molecule has 0 radical (unpaired) electrons. The number of aromatic nitrogens is 1. The highest BCUT2D eigenvalue weighted by Crippen LogP contribution is 2.33. The van der Waals surface area contributed by atoms with Gasteiger partial charge in [0.05, 0.1) is 12.8 Å². The van der Waals surface area contributed by atoms with Crippen molar-refractivity contribution in [3.8, 4) is 33.3 Å². The maximum Gasteiger partial charge on any atom is 0.262 e. The van der Waals surface area contributed by atoms with Gasteiger partial charge in [0.2, 0.25) is 0 Å². The molecule has 0 fully saturated rings. The lowest BCUT2D eigenvalue weighted by molar-refractivity contribution is -0.118. The van der Waals surface area contributed by atoms with E-state index in [1.54, 1.807) is 30.6 Å². The highest BCUT2D eigenvalue weighted by molar-refractivity contribution is 7.15. The van der Waals surface area contributed by atoms with Crippen molar-refractivity contribution in [3.05, 3.63) is 83.7 Å². The zero-order valence-electron chi connectivity index (χ0n) is 17.3. The predicted molar refractivity (Wildman–Crippen MR) is 125 cm³/mol. The second-order valence-corrected chi connectivity index (χ2v) is 8.06. The maximum atomic E-state index is 12.3. The van der Waals surface area contributed by atoms with Gasteiger partial charge >= 0.3 is 0 Å².